The zero-order valence-corrected chi connectivity index (χ0v) is 14.9. The summed E-state index contributed by atoms with van der Waals surface area (Å²) in [7, 11) is 0. The van der Waals surface area contributed by atoms with E-state index in [1.165, 1.54) is 11.3 Å². The number of carbonyl (C=O) groups is 1. The third-order valence-corrected chi connectivity index (χ3v) is 4.74. The van der Waals surface area contributed by atoms with Gasteiger partial charge in [-0.15, -0.1) is 0 Å². The number of anilines is 1. The van der Waals surface area contributed by atoms with E-state index in [0.717, 1.165) is 16.7 Å². The topological polar surface area (TPSA) is 65.8 Å². The molecule has 0 spiro atoms. The summed E-state index contributed by atoms with van der Waals surface area (Å²) in [5.41, 5.74) is 4.48. The number of nitriles is 1. The van der Waals surface area contributed by atoms with Gasteiger partial charge in [0, 0.05) is 11.1 Å². The quantitative estimate of drug-likeness (QED) is 0.741. The Kier molecular flexibility index (Phi) is 4.92. The predicted octanol–water partition coefficient (Wildman–Crippen LogP) is 4.75. The van der Waals surface area contributed by atoms with Gasteiger partial charge in [0.1, 0.15) is 15.7 Å². The van der Waals surface area contributed by atoms with Crippen LogP contribution in [0.4, 0.5) is 5.00 Å². The molecule has 0 radical (unpaired) electrons. The zero-order chi connectivity index (χ0) is 17.8. The van der Waals surface area contributed by atoms with Crippen molar-refractivity contribution in [3.05, 3.63) is 70.2 Å². The highest BCUT2D eigenvalue weighted by atomic mass is 32.1. The van der Waals surface area contributed by atoms with Gasteiger partial charge in [-0.1, -0.05) is 58.9 Å². The van der Waals surface area contributed by atoms with Gasteiger partial charge in [-0.2, -0.15) is 5.26 Å². The number of aromatic nitrogens is 1. The van der Waals surface area contributed by atoms with Crippen molar-refractivity contribution >= 4 is 22.2 Å². The molecule has 0 aliphatic rings. The highest BCUT2D eigenvalue weighted by Gasteiger charge is 2.16. The van der Waals surface area contributed by atoms with Gasteiger partial charge in [0.2, 0.25) is 0 Å². The first kappa shape index (κ1) is 16.9. The van der Waals surface area contributed by atoms with E-state index in [1.54, 1.807) is 12.1 Å². The molecule has 124 valence electrons. The van der Waals surface area contributed by atoms with Gasteiger partial charge in [0.25, 0.3) is 5.91 Å². The molecule has 1 N–H and O–H groups in total. The van der Waals surface area contributed by atoms with Crippen molar-refractivity contribution in [3.8, 4) is 17.3 Å². The van der Waals surface area contributed by atoms with Crippen LogP contribution in [0.25, 0.3) is 11.3 Å². The second kappa shape index (κ2) is 7.29. The summed E-state index contributed by atoms with van der Waals surface area (Å²) in [5.74, 6) is -0.180. The van der Waals surface area contributed by atoms with Crippen LogP contribution in [0, 0.1) is 25.2 Å². The molecule has 1 amide bonds. The fourth-order valence-electron chi connectivity index (χ4n) is 2.38. The number of amides is 1. The van der Waals surface area contributed by atoms with Gasteiger partial charge in [0.05, 0.1) is 12.5 Å². The maximum atomic E-state index is 12.5. The Morgan fingerprint density at radius 1 is 1.08 bits per heavy atom. The van der Waals surface area contributed by atoms with Crippen molar-refractivity contribution in [2.24, 2.45) is 0 Å². The lowest BCUT2D eigenvalue weighted by Crippen LogP contribution is -2.11. The SMILES string of the molecule is Cc1ccc(C(=O)Nc2sc(CC#N)nc2-c2ccc(C)cc2)cc1. The van der Waals surface area contributed by atoms with Gasteiger partial charge in [0.15, 0.2) is 0 Å². The number of aryl methyl sites for hydroxylation is 2. The zero-order valence-electron chi connectivity index (χ0n) is 14.0. The minimum atomic E-state index is -0.180. The lowest BCUT2D eigenvalue weighted by Gasteiger charge is -2.06. The Morgan fingerprint density at radius 2 is 1.68 bits per heavy atom. The monoisotopic (exact) mass is 347 g/mol. The van der Waals surface area contributed by atoms with E-state index in [9.17, 15) is 4.79 Å². The minimum absolute atomic E-state index is 0.180. The summed E-state index contributed by atoms with van der Waals surface area (Å²) in [6.45, 7) is 4.00. The Bertz CT molecular complexity index is 935. The molecule has 0 bridgehead atoms. The number of benzene rings is 2. The Balaban J connectivity index is 1.94. The maximum absolute atomic E-state index is 12.5. The Hall–Kier alpha value is -2.97. The van der Waals surface area contributed by atoms with E-state index >= 15 is 0 Å². The number of hydrogen-bond donors (Lipinski definition) is 1. The normalized spacial score (nSPS) is 10.3. The van der Waals surface area contributed by atoms with Crippen molar-refractivity contribution < 1.29 is 4.79 Å². The molecule has 2 aromatic carbocycles. The molecule has 1 heterocycles. The molecule has 0 aliphatic heterocycles. The van der Waals surface area contributed by atoms with E-state index in [2.05, 4.69) is 16.4 Å². The highest BCUT2D eigenvalue weighted by Crippen LogP contribution is 2.34. The molecule has 0 fully saturated rings. The molecule has 0 aliphatic carbocycles. The number of carbonyl (C=O) groups excluding carboxylic acids is 1. The molecule has 1 aromatic heterocycles. The fraction of sp³-hybridized carbons (Fsp3) is 0.150. The molecule has 0 saturated heterocycles. The average molecular weight is 347 g/mol. The molecule has 5 heteroatoms. The van der Waals surface area contributed by atoms with Crippen molar-refractivity contribution in [1.29, 1.82) is 5.26 Å². The number of nitrogens with zero attached hydrogens (tertiary/aromatic N) is 2. The van der Waals surface area contributed by atoms with Crippen LogP contribution in [0.5, 0.6) is 0 Å². The second-order valence-corrected chi connectivity index (χ2v) is 6.89. The largest absolute Gasteiger partial charge is 0.312 e. The van der Waals surface area contributed by atoms with Crippen LogP contribution in [-0.2, 0) is 6.42 Å². The van der Waals surface area contributed by atoms with Gasteiger partial charge in [-0.25, -0.2) is 4.98 Å². The summed E-state index contributed by atoms with van der Waals surface area (Å²) in [6.07, 6.45) is 0.226. The Labute approximate surface area is 150 Å². The number of hydrogen-bond acceptors (Lipinski definition) is 4. The summed E-state index contributed by atoms with van der Waals surface area (Å²) >= 11 is 1.34. The molecule has 25 heavy (non-hydrogen) atoms. The predicted molar refractivity (Wildman–Crippen MR) is 101 cm³/mol. The van der Waals surface area contributed by atoms with Gasteiger partial charge in [-0.3, -0.25) is 4.79 Å². The van der Waals surface area contributed by atoms with Crippen molar-refractivity contribution in [1.82, 2.24) is 4.98 Å². The van der Waals surface area contributed by atoms with Gasteiger partial charge < -0.3 is 5.32 Å². The highest BCUT2D eigenvalue weighted by molar-refractivity contribution is 7.16. The van der Waals surface area contributed by atoms with E-state index in [4.69, 9.17) is 5.26 Å². The minimum Gasteiger partial charge on any atom is -0.312 e. The third kappa shape index (κ3) is 3.93. The second-order valence-electron chi connectivity index (χ2n) is 5.81. The molecule has 3 rings (SSSR count). The summed E-state index contributed by atoms with van der Waals surface area (Å²) in [6, 6.07) is 17.5. The van der Waals surface area contributed by atoms with Crippen LogP contribution in [-0.4, -0.2) is 10.9 Å². The first-order chi connectivity index (χ1) is 12.1. The smallest absolute Gasteiger partial charge is 0.256 e. The number of rotatable bonds is 4. The van der Waals surface area contributed by atoms with Gasteiger partial charge >= 0.3 is 0 Å². The van der Waals surface area contributed by atoms with E-state index in [0.29, 0.717) is 21.3 Å². The summed E-state index contributed by atoms with van der Waals surface area (Å²) in [4.78, 5) is 17.1. The van der Waals surface area contributed by atoms with Crippen molar-refractivity contribution in [3.63, 3.8) is 0 Å². The fourth-order valence-corrected chi connectivity index (χ4v) is 3.29. The lowest BCUT2D eigenvalue weighted by molar-refractivity contribution is 0.102. The molecule has 4 nitrogen and oxygen atoms in total. The summed E-state index contributed by atoms with van der Waals surface area (Å²) < 4.78 is 0. The van der Waals surface area contributed by atoms with Crippen LogP contribution < -0.4 is 5.32 Å². The van der Waals surface area contributed by atoms with Crippen molar-refractivity contribution in [2.75, 3.05) is 5.32 Å². The first-order valence-electron chi connectivity index (χ1n) is 7.88. The van der Waals surface area contributed by atoms with Crippen LogP contribution in [0.1, 0.15) is 26.5 Å². The van der Waals surface area contributed by atoms with E-state index in [1.807, 2.05) is 50.2 Å². The van der Waals surface area contributed by atoms with Crippen LogP contribution in [0.3, 0.4) is 0 Å². The molecule has 0 atom stereocenters. The summed E-state index contributed by atoms with van der Waals surface area (Å²) in [5, 5.41) is 13.2. The molecule has 0 unspecified atom stereocenters. The van der Waals surface area contributed by atoms with E-state index < -0.39 is 0 Å². The van der Waals surface area contributed by atoms with Crippen LogP contribution in [0.15, 0.2) is 48.5 Å². The van der Waals surface area contributed by atoms with E-state index in [-0.39, 0.29) is 12.3 Å². The van der Waals surface area contributed by atoms with Gasteiger partial charge in [-0.05, 0) is 26.0 Å². The lowest BCUT2D eigenvalue weighted by atomic mass is 10.1. The number of nitrogens with one attached hydrogen (secondary N) is 1. The standard InChI is InChI=1S/C20H17N3OS/c1-13-3-7-15(8-4-13)18-20(25-17(22-18)11-12-21)23-19(24)16-9-5-14(2)6-10-16/h3-10H,11H2,1-2H3,(H,23,24). The Morgan fingerprint density at radius 3 is 2.28 bits per heavy atom. The third-order valence-electron chi connectivity index (χ3n) is 3.77. The molecule has 3 aromatic rings. The van der Waals surface area contributed by atoms with Crippen LogP contribution in [0.2, 0.25) is 0 Å². The first-order valence-corrected chi connectivity index (χ1v) is 8.70. The molecule has 0 saturated carbocycles. The van der Waals surface area contributed by atoms with Crippen LogP contribution >= 0.6 is 11.3 Å². The molecular formula is C20H17N3OS. The number of thiazole rings is 1. The van der Waals surface area contributed by atoms with Crippen molar-refractivity contribution in [2.45, 2.75) is 20.3 Å². The molecular weight excluding hydrogens is 330 g/mol. The maximum Gasteiger partial charge on any atom is 0.256 e. The average Bonchev–Trinajstić information content (AvgIpc) is 2.99.